The zero-order valence-corrected chi connectivity index (χ0v) is 13.7. The third kappa shape index (κ3) is 7.15. The van der Waals surface area contributed by atoms with Gasteiger partial charge in [0, 0.05) is 12.3 Å². The average molecular weight is 329 g/mol. The lowest BCUT2D eigenvalue weighted by Gasteiger charge is -2.04. The van der Waals surface area contributed by atoms with Crippen molar-refractivity contribution in [2.24, 2.45) is 0 Å². The van der Waals surface area contributed by atoms with Crippen molar-refractivity contribution in [3.05, 3.63) is 77.6 Å². The molecule has 120 valence electrons. The lowest BCUT2D eigenvalue weighted by molar-refractivity contribution is -0.118. The maximum Gasteiger partial charge on any atom is 0.230 e. The minimum Gasteiger partial charge on any atom is -0.355 e. The van der Waals surface area contributed by atoms with E-state index in [4.69, 9.17) is 0 Å². The molecular formula is C19H20FNOS. The zero-order chi connectivity index (χ0) is 16.3. The van der Waals surface area contributed by atoms with E-state index < -0.39 is 0 Å². The van der Waals surface area contributed by atoms with Crippen molar-refractivity contribution in [2.75, 3.05) is 18.1 Å². The van der Waals surface area contributed by atoms with Crippen molar-refractivity contribution in [3.8, 4) is 0 Å². The van der Waals surface area contributed by atoms with Gasteiger partial charge in [-0.3, -0.25) is 4.79 Å². The number of carbonyl (C=O) groups is 1. The Morgan fingerprint density at radius 3 is 2.57 bits per heavy atom. The van der Waals surface area contributed by atoms with Crippen LogP contribution in [0.25, 0.3) is 6.08 Å². The summed E-state index contributed by atoms with van der Waals surface area (Å²) in [7, 11) is 0. The maximum absolute atomic E-state index is 12.8. The Hall–Kier alpha value is -2.07. The number of rotatable bonds is 8. The SMILES string of the molecule is O=C(CSCC=Cc1ccccc1)NCCc1ccc(F)cc1. The molecule has 0 atom stereocenters. The van der Waals surface area contributed by atoms with Crippen LogP contribution in [0.1, 0.15) is 11.1 Å². The quantitative estimate of drug-likeness (QED) is 0.744. The first kappa shape index (κ1) is 17.3. The van der Waals surface area contributed by atoms with Gasteiger partial charge in [0.25, 0.3) is 0 Å². The third-order valence-electron chi connectivity index (χ3n) is 3.21. The van der Waals surface area contributed by atoms with E-state index in [-0.39, 0.29) is 11.7 Å². The van der Waals surface area contributed by atoms with Crippen LogP contribution < -0.4 is 5.32 Å². The summed E-state index contributed by atoms with van der Waals surface area (Å²) in [5.41, 5.74) is 2.18. The molecule has 0 aliphatic carbocycles. The summed E-state index contributed by atoms with van der Waals surface area (Å²) in [5, 5.41) is 2.88. The van der Waals surface area contributed by atoms with Crippen LogP contribution in [0.2, 0.25) is 0 Å². The number of amides is 1. The molecule has 0 spiro atoms. The standard InChI is InChI=1S/C19H20FNOS/c20-18-10-8-17(9-11-18)12-13-21-19(22)15-23-14-4-7-16-5-2-1-3-6-16/h1-11H,12-15H2,(H,21,22). The first-order valence-electron chi connectivity index (χ1n) is 7.54. The molecule has 0 radical (unpaired) electrons. The lowest BCUT2D eigenvalue weighted by atomic mass is 10.1. The molecule has 0 aromatic heterocycles. The van der Waals surface area contributed by atoms with E-state index in [9.17, 15) is 9.18 Å². The summed E-state index contributed by atoms with van der Waals surface area (Å²) in [6, 6.07) is 16.4. The number of carbonyl (C=O) groups excluding carboxylic acids is 1. The van der Waals surface area contributed by atoms with Crippen molar-refractivity contribution in [2.45, 2.75) is 6.42 Å². The van der Waals surface area contributed by atoms with Gasteiger partial charge in [0.15, 0.2) is 0 Å². The van der Waals surface area contributed by atoms with Crippen molar-refractivity contribution in [1.82, 2.24) is 5.32 Å². The van der Waals surface area contributed by atoms with E-state index in [1.54, 1.807) is 23.9 Å². The smallest absolute Gasteiger partial charge is 0.230 e. The molecule has 2 aromatic carbocycles. The van der Waals surface area contributed by atoms with Crippen molar-refractivity contribution in [3.63, 3.8) is 0 Å². The van der Waals surface area contributed by atoms with E-state index in [0.29, 0.717) is 18.7 Å². The van der Waals surface area contributed by atoms with Crippen LogP contribution in [-0.4, -0.2) is 24.0 Å². The van der Waals surface area contributed by atoms with Gasteiger partial charge in [-0.15, -0.1) is 11.8 Å². The Kier molecular flexibility index (Phi) is 7.40. The molecule has 23 heavy (non-hydrogen) atoms. The van der Waals surface area contributed by atoms with Crippen LogP contribution in [0.5, 0.6) is 0 Å². The number of thioether (sulfide) groups is 1. The Bertz CT molecular complexity index is 626. The van der Waals surface area contributed by atoms with Crippen LogP contribution in [0, 0.1) is 5.82 Å². The molecule has 4 heteroatoms. The second-order valence-electron chi connectivity index (χ2n) is 5.05. The highest BCUT2D eigenvalue weighted by Gasteiger charge is 2.00. The second kappa shape index (κ2) is 9.85. The topological polar surface area (TPSA) is 29.1 Å². The third-order valence-corrected chi connectivity index (χ3v) is 4.10. The molecule has 1 N–H and O–H groups in total. The number of halogens is 1. The number of nitrogens with one attached hydrogen (secondary N) is 1. The molecule has 2 rings (SSSR count). The van der Waals surface area contributed by atoms with Gasteiger partial charge >= 0.3 is 0 Å². The first-order chi connectivity index (χ1) is 11.2. The van der Waals surface area contributed by atoms with Gasteiger partial charge in [0.05, 0.1) is 5.75 Å². The predicted octanol–water partition coefficient (Wildman–Crippen LogP) is 3.93. The normalized spacial score (nSPS) is 10.8. The van der Waals surface area contributed by atoms with Crippen LogP contribution in [0.4, 0.5) is 4.39 Å². The van der Waals surface area contributed by atoms with Gasteiger partial charge in [0.2, 0.25) is 5.91 Å². The first-order valence-corrected chi connectivity index (χ1v) is 8.70. The van der Waals surface area contributed by atoms with Crippen LogP contribution >= 0.6 is 11.8 Å². The zero-order valence-electron chi connectivity index (χ0n) is 12.9. The van der Waals surface area contributed by atoms with Gasteiger partial charge in [-0.05, 0) is 29.7 Å². The fourth-order valence-electron chi connectivity index (χ4n) is 2.02. The maximum atomic E-state index is 12.8. The molecule has 0 bridgehead atoms. The number of benzene rings is 2. The molecule has 0 saturated carbocycles. The molecule has 0 heterocycles. The Labute approximate surface area is 140 Å². The summed E-state index contributed by atoms with van der Waals surface area (Å²) in [6.07, 6.45) is 4.83. The molecule has 2 aromatic rings. The van der Waals surface area contributed by atoms with Crippen LogP contribution in [0.15, 0.2) is 60.7 Å². The summed E-state index contributed by atoms with van der Waals surface area (Å²) < 4.78 is 12.8. The Morgan fingerprint density at radius 2 is 1.83 bits per heavy atom. The van der Waals surface area contributed by atoms with Crippen LogP contribution in [0.3, 0.4) is 0 Å². The predicted molar refractivity (Wildman–Crippen MR) is 95.9 cm³/mol. The molecule has 0 aliphatic rings. The average Bonchev–Trinajstić information content (AvgIpc) is 2.57. The Balaban J connectivity index is 1.56. The largest absolute Gasteiger partial charge is 0.355 e. The monoisotopic (exact) mass is 329 g/mol. The van der Waals surface area contributed by atoms with Gasteiger partial charge in [0.1, 0.15) is 5.82 Å². The highest BCUT2D eigenvalue weighted by Crippen LogP contribution is 2.05. The van der Waals surface area contributed by atoms with E-state index in [0.717, 1.165) is 16.9 Å². The van der Waals surface area contributed by atoms with Crippen LogP contribution in [-0.2, 0) is 11.2 Å². The minimum atomic E-state index is -0.238. The summed E-state index contributed by atoms with van der Waals surface area (Å²) in [5.74, 6) is 1.05. The van der Waals surface area contributed by atoms with E-state index in [2.05, 4.69) is 17.5 Å². The van der Waals surface area contributed by atoms with Gasteiger partial charge in [-0.1, -0.05) is 54.6 Å². The van der Waals surface area contributed by atoms with Gasteiger partial charge in [-0.2, -0.15) is 0 Å². The minimum absolute atomic E-state index is 0.0326. The highest BCUT2D eigenvalue weighted by molar-refractivity contribution is 8.00. The van der Waals surface area contributed by atoms with E-state index >= 15 is 0 Å². The van der Waals surface area contributed by atoms with Gasteiger partial charge < -0.3 is 5.32 Å². The summed E-state index contributed by atoms with van der Waals surface area (Å²) in [4.78, 5) is 11.7. The molecule has 0 fully saturated rings. The molecule has 2 nitrogen and oxygen atoms in total. The fourth-order valence-corrected chi connectivity index (χ4v) is 2.65. The summed E-state index contributed by atoms with van der Waals surface area (Å²) in [6.45, 7) is 0.574. The molecule has 0 saturated heterocycles. The molecule has 0 aliphatic heterocycles. The highest BCUT2D eigenvalue weighted by atomic mass is 32.2. The van der Waals surface area contributed by atoms with E-state index in [1.165, 1.54) is 12.1 Å². The van der Waals surface area contributed by atoms with Crippen molar-refractivity contribution < 1.29 is 9.18 Å². The summed E-state index contributed by atoms with van der Waals surface area (Å²) >= 11 is 1.58. The Morgan fingerprint density at radius 1 is 1.09 bits per heavy atom. The van der Waals surface area contributed by atoms with Crippen molar-refractivity contribution >= 4 is 23.7 Å². The number of hydrogen-bond acceptors (Lipinski definition) is 2. The lowest BCUT2D eigenvalue weighted by Crippen LogP contribution is -2.27. The van der Waals surface area contributed by atoms with E-state index in [1.807, 2.05) is 30.3 Å². The van der Waals surface area contributed by atoms with Crippen molar-refractivity contribution in [1.29, 1.82) is 0 Å². The molecule has 1 amide bonds. The molecular weight excluding hydrogens is 309 g/mol. The van der Waals surface area contributed by atoms with Gasteiger partial charge in [-0.25, -0.2) is 4.39 Å². The second-order valence-corrected chi connectivity index (χ2v) is 6.08. The molecule has 0 unspecified atom stereocenters. The number of hydrogen-bond donors (Lipinski definition) is 1. The fraction of sp³-hybridized carbons (Fsp3) is 0.211.